The van der Waals surface area contributed by atoms with Gasteiger partial charge in [0.25, 0.3) is 0 Å². The van der Waals surface area contributed by atoms with Gasteiger partial charge >= 0.3 is 0 Å². The molecule has 4 rings (SSSR count). The number of aliphatic hydroxyl groups excluding tert-OH is 1. The Bertz CT molecular complexity index is 866. The maximum atomic E-state index is 9.92. The summed E-state index contributed by atoms with van der Waals surface area (Å²) >= 11 is 0. The van der Waals surface area contributed by atoms with Crippen molar-refractivity contribution in [3.05, 3.63) is 64.7 Å². The van der Waals surface area contributed by atoms with Crippen LogP contribution in [0.15, 0.2) is 42.5 Å². The molecule has 0 radical (unpaired) electrons. The van der Waals surface area contributed by atoms with Crippen LogP contribution in [0.4, 0.5) is 0 Å². The second-order valence-corrected chi connectivity index (χ2v) is 9.38. The third kappa shape index (κ3) is 3.89. The van der Waals surface area contributed by atoms with Gasteiger partial charge in [-0.05, 0) is 68.6 Å². The van der Waals surface area contributed by atoms with Crippen LogP contribution >= 0.6 is 0 Å². The summed E-state index contributed by atoms with van der Waals surface area (Å²) in [6.45, 7) is 7.56. The van der Waals surface area contributed by atoms with E-state index in [0.717, 1.165) is 44.6 Å². The number of methoxy groups -OCH3 is 1. The smallest absolute Gasteiger partial charge is 0.119 e. The van der Waals surface area contributed by atoms with Gasteiger partial charge in [-0.1, -0.05) is 42.8 Å². The Hall–Kier alpha value is -1.88. The Kier molecular flexibility index (Phi) is 6.19. The van der Waals surface area contributed by atoms with Gasteiger partial charge in [0, 0.05) is 30.6 Å². The maximum Gasteiger partial charge on any atom is 0.119 e. The lowest BCUT2D eigenvalue weighted by Gasteiger charge is -2.58. The first kappa shape index (κ1) is 21.4. The molecule has 162 valence electrons. The monoisotopic (exact) mass is 408 g/mol. The largest absolute Gasteiger partial charge is 0.497 e. The minimum Gasteiger partial charge on any atom is -0.497 e. The van der Waals surface area contributed by atoms with Crippen LogP contribution in [0, 0.1) is 6.92 Å². The van der Waals surface area contributed by atoms with E-state index in [-0.39, 0.29) is 12.0 Å². The van der Waals surface area contributed by atoms with Gasteiger partial charge in [0.1, 0.15) is 5.75 Å². The van der Waals surface area contributed by atoms with Gasteiger partial charge < -0.3 is 14.7 Å². The number of aliphatic hydroxyl groups is 1. The first-order valence-electron chi connectivity index (χ1n) is 11.2. The highest BCUT2D eigenvalue weighted by atomic mass is 16.5. The Morgan fingerprint density at radius 1 is 1.17 bits per heavy atom. The van der Waals surface area contributed by atoms with Crippen LogP contribution < -0.4 is 4.74 Å². The number of fused-ring (bicyclic) bond motifs is 4. The topological polar surface area (TPSA) is 35.9 Å². The maximum absolute atomic E-state index is 9.92. The van der Waals surface area contributed by atoms with Crippen molar-refractivity contribution >= 4 is 0 Å². The molecule has 1 heterocycles. The molecular formula is C26H36N2O2. The summed E-state index contributed by atoms with van der Waals surface area (Å²) in [4.78, 5) is 5.10. The molecule has 30 heavy (non-hydrogen) atoms. The number of nitrogens with zero attached hydrogens (tertiary/aromatic N) is 2. The summed E-state index contributed by atoms with van der Waals surface area (Å²) in [5, 5.41) is 9.92. The molecular weight excluding hydrogens is 372 g/mol. The molecule has 0 spiro atoms. The second-order valence-electron chi connectivity index (χ2n) is 9.38. The van der Waals surface area contributed by atoms with Crippen molar-refractivity contribution < 1.29 is 9.84 Å². The van der Waals surface area contributed by atoms with Crippen molar-refractivity contribution in [2.45, 2.75) is 50.6 Å². The zero-order valence-corrected chi connectivity index (χ0v) is 18.9. The molecule has 3 unspecified atom stereocenters. The highest BCUT2D eigenvalue weighted by molar-refractivity contribution is 5.46. The van der Waals surface area contributed by atoms with E-state index in [1.165, 1.54) is 22.3 Å². The normalized spacial score (nSPS) is 25.9. The van der Waals surface area contributed by atoms with Gasteiger partial charge in [-0.3, -0.25) is 4.90 Å². The summed E-state index contributed by atoms with van der Waals surface area (Å²) < 4.78 is 5.58. The highest BCUT2D eigenvalue weighted by Gasteiger charge is 2.52. The van der Waals surface area contributed by atoms with Crippen molar-refractivity contribution in [1.82, 2.24) is 9.80 Å². The summed E-state index contributed by atoms with van der Waals surface area (Å²) in [5.41, 5.74) is 5.61. The molecule has 2 aromatic carbocycles. The molecule has 1 N–H and O–H groups in total. The molecule has 2 bridgehead atoms. The Morgan fingerprint density at radius 3 is 2.63 bits per heavy atom. The lowest BCUT2D eigenvalue weighted by atomic mass is 9.61. The SMILES string of the molecule is COc1ccc2c(c1)C1(C)CCN(C)C(C2)C1N(CCO)CCc1ccc(C)cc1. The van der Waals surface area contributed by atoms with Crippen molar-refractivity contribution in [2.24, 2.45) is 0 Å². The average Bonchev–Trinajstić information content (AvgIpc) is 2.75. The molecule has 1 aliphatic carbocycles. The first-order valence-corrected chi connectivity index (χ1v) is 11.2. The average molecular weight is 409 g/mol. The molecule has 3 atom stereocenters. The molecule has 1 saturated heterocycles. The van der Waals surface area contributed by atoms with E-state index in [1.807, 2.05) is 0 Å². The van der Waals surface area contributed by atoms with Gasteiger partial charge in [-0.2, -0.15) is 0 Å². The molecule has 0 saturated carbocycles. The number of ether oxygens (including phenoxy) is 1. The van der Waals surface area contributed by atoms with Gasteiger partial charge in [-0.25, -0.2) is 0 Å². The summed E-state index contributed by atoms with van der Waals surface area (Å²) in [6, 6.07) is 16.3. The van der Waals surface area contributed by atoms with E-state index in [2.05, 4.69) is 73.2 Å². The Labute approximate surface area is 181 Å². The van der Waals surface area contributed by atoms with Gasteiger partial charge in [0.15, 0.2) is 0 Å². The number of piperidine rings is 1. The molecule has 2 aromatic rings. The molecule has 4 nitrogen and oxygen atoms in total. The zero-order chi connectivity index (χ0) is 21.3. The predicted octanol–water partition coefficient (Wildman–Crippen LogP) is 3.43. The molecule has 0 aromatic heterocycles. The number of rotatable bonds is 7. The van der Waals surface area contributed by atoms with E-state index in [1.54, 1.807) is 7.11 Å². The predicted molar refractivity (Wildman–Crippen MR) is 122 cm³/mol. The van der Waals surface area contributed by atoms with Gasteiger partial charge in [-0.15, -0.1) is 0 Å². The van der Waals surface area contributed by atoms with Gasteiger partial charge in [0.2, 0.25) is 0 Å². The van der Waals surface area contributed by atoms with E-state index in [9.17, 15) is 5.11 Å². The van der Waals surface area contributed by atoms with Crippen LogP contribution in [0.1, 0.15) is 35.6 Å². The fourth-order valence-electron chi connectivity index (χ4n) is 5.76. The van der Waals surface area contributed by atoms with Crippen molar-refractivity contribution in [2.75, 3.05) is 40.4 Å². The quantitative estimate of drug-likeness (QED) is 0.762. The minimum atomic E-state index is 0.0573. The number of hydrogen-bond donors (Lipinski definition) is 1. The molecule has 0 amide bonds. The Morgan fingerprint density at radius 2 is 1.93 bits per heavy atom. The van der Waals surface area contributed by atoms with E-state index in [4.69, 9.17) is 4.74 Å². The number of benzene rings is 2. The highest BCUT2D eigenvalue weighted by Crippen LogP contribution is 2.47. The molecule has 2 aliphatic rings. The third-order valence-electron chi connectivity index (χ3n) is 7.52. The molecule has 1 aliphatic heterocycles. The zero-order valence-electron chi connectivity index (χ0n) is 18.9. The Balaban J connectivity index is 1.67. The van der Waals surface area contributed by atoms with E-state index < -0.39 is 0 Å². The van der Waals surface area contributed by atoms with E-state index >= 15 is 0 Å². The van der Waals surface area contributed by atoms with E-state index in [0.29, 0.717) is 12.1 Å². The number of likely N-dealkylation sites (tertiary alicyclic amines) is 1. The number of likely N-dealkylation sites (N-methyl/N-ethyl adjacent to an activating group) is 1. The number of aryl methyl sites for hydroxylation is 1. The van der Waals surface area contributed by atoms with Crippen LogP contribution in [0.3, 0.4) is 0 Å². The molecule has 1 fully saturated rings. The van der Waals surface area contributed by atoms with Crippen molar-refractivity contribution in [1.29, 1.82) is 0 Å². The van der Waals surface area contributed by atoms with Crippen molar-refractivity contribution in [3.8, 4) is 5.75 Å². The van der Waals surface area contributed by atoms with Crippen LogP contribution in [0.2, 0.25) is 0 Å². The lowest BCUT2D eigenvalue weighted by Crippen LogP contribution is -2.67. The van der Waals surface area contributed by atoms with Crippen molar-refractivity contribution in [3.63, 3.8) is 0 Å². The van der Waals surface area contributed by atoms with Crippen LogP contribution in [-0.4, -0.2) is 67.4 Å². The number of hydrogen-bond acceptors (Lipinski definition) is 4. The minimum absolute atomic E-state index is 0.0573. The fraction of sp³-hybridized carbons (Fsp3) is 0.538. The summed E-state index contributed by atoms with van der Waals surface area (Å²) in [6.07, 6.45) is 3.19. The summed E-state index contributed by atoms with van der Waals surface area (Å²) in [7, 11) is 4.02. The third-order valence-corrected chi connectivity index (χ3v) is 7.52. The summed E-state index contributed by atoms with van der Waals surface area (Å²) in [5.74, 6) is 0.944. The van der Waals surface area contributed by atoms with Crippen LogP contribution in [0.25, 0.3) is 0 Å². The second kappa shape index (κ2) is 8.70. The fourth-order valence-corrected chi connectivity index (χ4v) is 5.76. The standard InChI is InChI=1S/C26H36N2O2/c1-19-5-7-20(8-6-19)11-13-28(15-16-29)25-24-17-21-9-10-22(30-4)18-23(21)26(25,2)12-14-27(24)3/h5-10,18,24-25,29H,11-17H2,1-4H3. The van der Waals surface area contributed by atoms with Crippen LogP contribution in [-0.2, 0) is 18.3 Å². The molecule has 4 heteroatoms. The van der Waals surface area contributed by atoms with Crippen LogP contribution in [0.5, 0.6) is 5.75 Å². The van der Waals surface area contributed by atoms with Gasteiger partial charge in [0.05, 0.1) is 13.7 Å². The first-order chi connectivity index (χ1) is 14.5. The lowest BCUT2D eigenvalue weighted by molar-refractivity contribution is -0.0149.